The molecule has 0 atom stereocenters. The van der Waals surface area contributed by atoms with Crippen LogP contribution < -0.4 is 7.22 Å². The van der Waals surface area contributed by atoms with Gasteiger partial charge in [0.25, 0.3) is 0 Å². The van der Waals surface area contributed by atoms with Crippen molar-refractivity contribution >= 4 is 53.4 Å². The summed E-state index contributed by atoms with van der Waals surface area (Å²) in [5, 5.41) is 0. The standard InChI is InChI=1S/C12H10S2Te/c13-9-1-5-11(6-2-9)15-12-7-3-10(14)4-8-12/h1-8,13-14H. The molecule has 0 nitrogen and oxygen atoms in total. The monoisotopic (exact) mass is 348 g/mol. The summed E-state index contributed by atoms with van der Waals surface area (Å²) >= 11 is 8.30. The molecule has 0 spiro atoms. The predicted octanol–water partition coefficient (Wildman–Crippen LogP) is 1.92. The third kappa shape index (κ3) is 3.46. The van der Waals surface area contributed by atoms with Gasteiger partial charge >= 0.3 is 112 Å². The topological polar surface area (TPSA) is 0 Å². The molecule has 0 bridgehead atoms. The van der Waals surface area contributed by atoms with Crippen LogP contribution in [0.1, 0.15) is 0 Å². The average Bonchev–Trinajstić information content (AvgIpc) is 2.25. The van der Waals surface area contributed by atoms with Gasteiger partial charge in [0.2, 0.25) is 0 Å². The van der Waals surface area contributed by atoms with Gasteiger partial charge in [0.1, 0.15) is 0 Å². The first-order valence-electron chi connectivity index (χ1n) is 4.50. The van der Waals surface area contributed by atoms with Crippen molar-refractivity contribution in [1.29, 1.82) is 0 Å². The first kappa shape index (κ1) is 11.4. The molecule has 0 amide bonds. The number of rotatable bonds is 2. The van der Waals surface area contributed by atoms with E-state index in [1.165, 1.54) is 7.22 Å². The Morgan fingerprint density at radius 3 is 1.27 bits per heavy atom. The van der Waals surface area contributed by atoms with Gasteiger partial charge in [-0.3, -0.25) is 0 Å². The molecule has 76 valence electrons. The molecule has 0 N–H and O–H groups in total. The summed E-state index contributed by atoms with van der Waals surface area (Å²) in [4.78, 5) is 2.05. The van der Waals surface area contributed by atoms with E-state index in [0.717, 1.165) is 9.79 Å². The summed E-state index contributed by atoms with van der Waals surface area (Å²) in [6.45, 7) is 0. The van der Waals surface area contributed by atoms with Crippen molar-refractivity contribution in [3.63, 3.8) is 0 Å². The molecule has 15 heavy (non-hydrogen) atoms. The quantitative estimate of drug-likeness (QED) is 0.603. The number of hydrogen-bond acceptors (Lipinski definition) is 2. The second-order valence-electron chi connectivity index (χ2n) is 3.09. The third-order valence-corrected chi connectivity index (χ3v) is 5.40. The van der Waals surface area contributed by atoms with E-state index < -0.39 is 0 Å². The zero-order chi connectivity index (χ0) is 10.7. The Morgan fingerprint density at radius 2 is 0.933 bits per heavy atom. The Balaban J connectivity index is 2.15. The molecule has 2 aromatic carbocycles. The van der Waals surface area contributed by atoms with E-state index in [1.54, 1.807) is 0 Å². The minimum atomic E-state index is -0.251. The third-order valence-electron chi connectivity index (χ3n) is 1.91. The van der Waals surface area contributed by atoms with Gasteiger partial charge in [-0.15, -0.1) is 0 Å². The van der Waals surface area contributed by atoms with Crippen LogP contribution >= 0.6 is 25.3 Å². The van der Waals surface area contributed by atoms with E-state index in [9.17, 15) is 0 Å². The van der Waals surface area contributed by atoms with Crippen LogP contribution in [0.3, 0.4) is 0 Å². The summed E-state index contributed by atoms with van der Waals surface area (Å²) in [6.07, 6.45) is 0. The predicted molar refractivity (Wildman–Crippen MR) is 72.4 cm³/mol. The van der Waals surface area contributed by atoms with Gasteiger partial charge in [-0.1, -0.05) is 0 Å². The summed E-state index contributed by atoms with van der Waals surface area (Å²) in [6, 6.07) is 16.9. The van der Waals surface area contributed by atoms with Gasteiger partial charge in [0.05, 0.1) is 0 Å². The second kappa shape index (κ2) is 5.32. The van der Waals surface area contributed by atoms with Crippen LogP contribution in [0.2, 0.25) is 0 Å². The maximum atomic E-state index is 4.28. The molecule has 2 rings (SSSR count). The van der Waals surface area contributed by atoms with Crippen LogP contribution in [0.15, 0.2) is 58.3 Å². The molecule has 0 unspecified atom stereocenters. The molecule has 0 saturated carbocycles. The fourth-order valence-electron chi connectivity index (χ4n) is 1.16. The molecule has 0 aliphatic heterocycles. The molecular formula is C12H10S2Te. The van der Waals surface area contributed by atoms with E-state index in [0.29, 0.717) is 0 Å². The normalized spacial score (nSPS) is 10.3. The van der Waals surface area contributed by atoms with Crippen molar-refractivity contribution in [3.8, 4) is 0 Å². The molecule has 0 aromatic heterocycles. The zero-order valence-corrected chi connectivity index (χ0v) is 12.0. The first-order valence-corrected chi connectivity index (χ1v) is 7.72. The van der Waals surface area contributed by atoms with Crippen LogP contribution in [-0.4, -0.2) is 20.9 Å². The number of benzene rings is 2. The Labute approximate surface area is 111 Å². The molecule has 0 aliphatic carbocycles. The number of thiol groups is 2. The summed E-state index contributed by atoms with van der Waals surface area (Å²) < 4.78 is 2.87. The maximum absolute atomic E-state index is 4.28. The van der Waals surface area contributed by atoms with Gasteiger partial charge < -0.3 is 0 Å². The summed E-state index contributed by atoms with van der Waals surface area (Å²) in [5.41, 5.74) is 0. The van der Waals surface area contributed by atoms with Crippen molar-refractivity contribution < 1.29 is 0 Å². The Kier molecular flexibility index (Phi) is 4.05. The van der Waals surface area contributed by atoms with Crippen LogP contribution in [0.25, 0.3) is 0 Å². The zero-order valence-electron chi connectivity index (χ0n) is 7.92. The van der Waals surface area contributed by atoms with Crippen LogP contribution in [0.5, 0.6) is 0 Å². The second-order valence-corrected chi connectivity index (χ2v) is 7.40. The van der Waals surface area contributed by atoms with Gasteiger partial charge in [-0.2, -0.15) is 0 Å². The van der Waals surface area contributed by atoms with Crippen molar-refractivity contribution in [2.75, 3.05) is 0 Å². The molecule has 3 heteroatoms. The molecule has 2 aromatic rings. The van der Waals surface area contributed by atoms with Crippen molar-refractivity contribution in [1.82, 2.24) is 0 Å². The molecule has 0 radical (unpaired) electrons. The van der Waals surface area contributed by atoms with Gasteiger partial charge in [0, 0.05) is 0 Å². The SMILES string of the molecule is Sc1ccc([Te]c2ccc(S)cc2)cc1. The van der Waals surface area contributed by atoms with Gasteiger partial charge in [0.15, 0.2) is 0 Å². The van der Waals surface area contributed by atoms with Gasteiger partial charge in [-0.05, 0) is 0 Å². The molecule has 0 saturated heterocycles. The summed E-state index contributed by atoms with van der Waals surface area (Å²) in [5.74, 6) is 0. The summed E-state index contributed by atoms with van der Waals surface area (Å²) in [7, 11) is 0. The Hall–Kier alpha value is -0.0704. The van der Waals surface area contributed by atoms with Crippen LogP contribution in [0, 0.1) is 0 Å². The molecule has 0 fully saturated rings. The van der Waals surface area contributed by atoms with E-state index in [2.05, 4.69) is 73.8 Å². The van der Waals surface area contributed by atoms with Crippen molar-refractivity contribution in [2.24, 2.45) is 0 Å². The van der Waals surface area contributed by atoms with Gasteiger partial charge in [-0.25, -0.2) is 0 Å². The first-order chi connectivity index (χ1) is 7.24. The van der Waals surface area contributed by atoms with Crippen LogP contribution in [0.4, 0.5) is 0 Å². The van der Waals surface area contributed by atoms with Crippen molar-refractivity contribution in [3.05, 3.63) is 48.5 Å². The van der Waals surface area contributed by atoms with E-state index in [4.69, 9.17) is 0 Å². The Bertz CT molecular complexity index is 391. The molecular weight excluding hydrogens is 336 g/mol. The van der Waals surface area contributed by atoms with Crippen molar-refractivity contribution in [2.45, 2.75) is 9.79 Å². The minimum absolute atomic E-state index is 0.251. The van der Waals surface area contributed by atoms with E-state index in [1.807, 2.05) is 0 Å². The Morgan fingerprint density at radius 1 is 0.600 bits per heavy atom. The molecule has 0 heterocycles. The van der Waals surface area contributed by atoms with E-state index >= 15 is 0 Å². The molecule has 0 aliphatic rings. The van der Waals surface area contributed by atoms with Crippen LogP contribution in [-0.2, 0) is 0 Å². The van der Waals surface area contributed by atoms with E-state index in [-0.39, 0.29) is 20.9 Å². The average molecular weight is 346 g/mol. The fraction of sp³-hybridized carbons (Fsp3) is 0. The fourth-order valence-corrected chi connectivity index (χ4v) is 3.79. The number of hydrogen-bond donors (Lipinski definition) is 2.